The van der Waals surface area contributed by atoms with Crippen LogP contribution in [0.25, 0.3) is 0 Å². The third-order valence-electron chi connectivity index (χ3n) is 4.69. The molecule has 0 aliphatic heterocycles. The molecule has 7 heteroatoms. The van der Waals surface area contributed by atoms with Crippen LogP contribution >= 0.6 is 24.0 Å². The lowest BCUT2D eigenvalue weighted by Crippen LogP contribution is -2.38. The van der Waals surface area contributed by atoms with Crippen molar-refractivity contribution < 1.29 is 8.42 Å². The Labute approximate surface area is 205 Å². The monoisotopic (exact) mass is 557 g/mol. The molecule has 0 spiro atoms. The van der Waals surface area contributed by atoms with Gasteiger partial charge in [-0.2, -0.15) is 0 Å². The molecule has 31 heavy (non-hydrogen) atoms. The number of hydrogen-bond acceptors (Lipinski definition) is 3. The quantitative estimate of drug-likeness (QED) is 0.263. The molecule has 0 aliphatic carbocycles. The summed E-state index contributed by atoms with van der Waals surface area (Å²) in [6.45, 7) is 9.94. The maximum Gasteiger partial charge on any atom is 0.192 e. The third-order valence-corrected chi connectivity index (χ3v) is 5.55. The van der Waals surface area contributed by atoms with Crippen molar-refractivity contribution in [3.8, 4) is 0 Å². The fourth-order valence-corrected chi connectivity index (χ4v) is 4.03. The summed E-state index contributed by atoms with van der Waals surface area (Å²) in [5, 5.41) is 6.76. The largest absolute Gasteiger partial charge is 0.357 e. The van der Waals surface area contributed by atoms with Gasteiger partial charge in [-0.25, -0.2) is 13.4 Å². The van der Waals surface area contributed by atoms with Gasteiger partial charge in [0.05, 0.1) is 18.3 Å². The van der Waals surface area contributed by atoms with Crippen molar-refractivity contribution >= 4 is 39.8 Å². The maximum absolute atomic E-state index is 11.4. The van der Waals surface area contributed by atoms with Crippen LogP contribution in [0.2, 0.25) is 0 Å². The Morgan fingerprint density at radius 3 is 2.00 bits per heavy atom. The molecule has 0 saturated carbocycles. The highest BCUT2D eigenvalue weighted by Gasteiger charge is 2.09. The van der Waals surface area contributed by atoms with Crippen molar-refractivity contribution in [2.45, 2.75) is 52.5 Å². The van der Waals surface area contributed by atoms with E-state index in [1.807, 2.05) is 31.2 Å². The van der Waals surface area contributed by atoms with E-state index in [9.17, 15) is 8.42 Å². The van der Waals surface area contributed by atoms with Crippen molar-refractivity contribution in [2.75, 3.05) is 12.8 Å². The molecule has 5 nitrogen and oxygen atoms in total. The first kappa shape index (κ1) is 27.4. The van der Waals surface area contributed by atoms with E-state index in [-0.39, 0.29) is 35.8 Å². The van der Waals surface area contributed by atoms with Gasteiger partial charge in [0, 0.05) is 12.8 Å². The lowest BCUT2D eigenvalue weighted by molar-refractivity contribution is 0.601. The molecule has 0 amide bonds. The molecule has 2 rings (SSSR count). The first-order valence-electron chi connectivity index (χ1n) is 10.6. The zero-order chi connectivity index (χ0) is 22.1. The van der Waals surface area contributed by atoms with Crippen LogP contribution in [0, 0.1) is 5.92 Å². The smallest absolute Gasteiger partial charge is 0.192 e. The predicted molar refractivity (Wildman–Crippen MR) is 142 cm³/mol. The summed E-state index contributed by atoms with van der Waals surface area (Å²) in [5.74, 6) is 1.48. The van der Waals surface area contributed by atoms with Crippen LogP contribution in [0.15, 0.2) is 53.5 Å². The number of sulfone groups is 1. The van der Waals surface area contributed by atoms with Gasteiger partial charge in [0.1, 0.15) is 0 Å². The average molecular weight is 558 g/mol. The van der Waals surface area contributed by atoms with E-state index >= 15 is 0 Å². The molecule has 0 aliphatic rings. The summed E-state index contributed by atoms with van der Waals surface area (Å²) < 4.78 is 22.8. The van der Waals surface area contributed by atoms with Gasteiger partial charge in [0.2, 0.25) is 0 Å². The second-order valence-corrected chi connectivity index (χ2v) is 10.4. The first-order valence-corrected chi connectivity index (χ1v) is 12.6. The molecule has 1 atom stereocenters. The molecule has 0 aromatic heterocycles. The first-order chi connectivity index (χ1) is 14.2. The predicted octanol–water partition coefficient (Wildman–Crippen LogP) is 4.86. The molecular weight excluding hydrogens is 521 g/mol. The minimum atomic E-state index is -3.02. The van der Waals surface area contributed by atoms with Crippen LogP contribution in [0.5, 0.6) is 0 Å². The lowest BCUT2D eigenvalue weighted by Gasteiger charge is -2.19. The second kappa shape index (κ2) is 13.1. The number of benzene rings is 2. The van der Waals surface area contributed by atoms with Gasteiger partial charge in [0.15, 0.2) is 15.8 Å². The molecule has 2 aromatic rings. The van der Waals surface area contributed by atoms with Crippen LogP contribution in [-0.2, 0) is 28.6 Å². The fourth-order valence-electron chi connectivity index (χ4n) is 3.24. The summed E-state index contributed by atoms with van der Waals surface area (Å²) in [4.78, 5) is 4.69. The van der Waals surface area contributed by atoms with Crippen molar-refractivity contribution in [3.05, 3.63) is 70.8 Å². The van der Waals surface area contributed by atoms with Crippen molar-refractivity contribution in [2.24, 2.45) is 10.9 Å². The van der Waals surface area contributed by atoms with Crippen LogP contribution in [0.4, 0.5) is 0 Å². The summed E-state index contributed by atoms with van der Waals surface area (Å²) in [7, 11) is -3.02. The van der Waals surface area contributed by atoms with Gasteiger partial charge in [-0.3, -0.25) is 0 Å². The van der Waals surface area contributed by atoms with E-state index in [4.69, 9.17) is 0 Å². The summed E-state index contributed by atoms with van der Waals surface area (Å²) in [6.07, 6.45) is 2.34. The van der Waals surface area contributed by atoms with Gasteiger partial charge in [0.25, 0.3) is 0 Å². The highest BCUT2D eigenvalue weighted by Crippen LogP contribution is 2.16. The summed E-state index contributed by atoms with van der Waals surface area (Å²) in [5.41, 5.74) is 4.42. The Morgan fingerprint density at radius 2 is 1.48 bits per heavy atom. The van der Waals surface area contributed by atoms with Crippen LogP contribution in [0.3, 0.4) is 0 Å². The molecule has 2 aromatic carbocycles. The molecular formula is C24H36IN3O2S. The number of guanidine groups is 1. The molecule has 0 heterocycles. The van der Waals surface area contributed by atoms with E-state index < -0.39 is 9.84 Å². The molecule has 0 fully saturated rings. The zero-order valence-electron chi connectivity index (χ0n) is 19.2. The molecule has 1 unspecified atom stereocenters. The number of nitrogens with one attached hydrogen (secondary N) is 2. The normalized spacial score (nSPS) is 12.9. The van der Waals surface area contributed by atoms with E-state index in [2.05, 4.69) is 60.7 Å². The number of rotatable bonds is 9. The number of nitrogens with zero attached hydrogens (tertiary/aromatic N) is 1. The number of halogens is 1. The lowest BCUT2D eigenvalue weighted by atomic mass is 10.00. The average Bonchev–Trinajstić information content (AvgIpc) is 2.66. The van der Waals surface area contributed by atoms with Gasteiger partial charge >= 0.3 is 0 Å². The zero-order valence-corrected chi connectivity index (χ0v) is 22.3. The minimum Gasteiger partial charge on any atom is -0.357 e. The van der Waals surface area contributed by atoms with Crippen molar-refractivity contribution in [1.29, 1.82) is 0 Å². The summed E-state index contributed by atoms with van der Waals surface area (Å²) in [6, 6.07) is 16.5. The number of hydrogen-bond donors (Lipinski definition) is 2. The molecule has 0 saturated heterocycles. The standard InChI is InChI=1S/C24H35N3O2S.HI/c1-6-25-24(26-16-21-7-9-22(10-8-21)17-30(5,28)29)27-19(4)23-13-11-20(12-14-23)15-18(2)3;/h7-14,18-19H,6,15-17H2,1-5H3,(H2,25,26,27);1H. The van der Waals surface area contributed by atoms with Crippen LogP contribution in [0.1, 0.15) is 56.0 Å². The topological polar surface area (TPSA) is 70.6 Å². The Morgan fingerprint density at radius 1 is 0.935 bits per heavy atom. The van der Waals surface area contributed by atoms with E-state index in [1.165, 1.54) is 17.4 Å². The molecule has 2 N–H and O–H groups in total. The van der Waals surface area contributed by atoms with Gasteiger partial charge in [-0.15, -0.1) is 24.0 Å². The molecule has 172 valence electrons. The molecule has 0 bridgehead atoms. The van der Waals surface area contributed by atoms with E-state index in [0.717, 1.165) is 30.1 Å². The SMILES string of the molecule is CCNC(=NCc1ccc(CS(C)(=O)=O)cc1)NC(C)c1ccc(CC(C)C)cc1.I. The van der Waals surface area contributed by atoms with Crippen LogP contribution in [-0.4, -0.2) is 27.2 Å². The van der Waals surface area contributed by atoms with Gasteiger partial charge < -0.3 is 10.6 Å². The maximum atomic E-state index is 11.4. The van der Waals surface area contributed by atoms with E-state index in [1.54, 1.807) is 0 Å². The fraction of sp³-hybridized carbons (Fsp3) is 0.458. The van der Waals surface area contributed by atoms with Crippen molar-refractivity contribution in [3.63, 3.8) is 0 Å². The second-order valence-electron chi connectivity index (χ2n) is 8.29. The highest BCUT2D eigenvalue weighted by molar-refractivity contribution is 14.0. The summed E-state index contributed by atoms with van der Waals surface area (Å²) >= 11 is 0. The highest BCUT2D eigenvalue weighted by atomic mass is 127. The Kier molecular flexibility index (Phi) is 11.5. The number of aliphatic imine (C=N–C) groups is 1. The van der Waals surface area contributed by atoms with E-state index in [0.29, 0.717) is 12.5 Å². The van der Waals surface area contributed by atoms with Crippen molar-refractivity contribution in [1.82, 2.24) is 10.6 Å². The Hall–Kier alpha value is -1.61. The molecule has 0 radical (unpaired) electrons. The minimum absolute atomic E-state index is 0. The van der Waals surface area contributed by atoms with Crippen LogP contribution < -0.4 is 10.6 Å². The van der Waals surface area contributed by atoms with Gasteiger partial charge in [-0.05, 0) is 48.4 Å². The third kappa shape index (κ3) is 10.5. The Balaban J connectivity index is 0.00000480. The Bertz CT molecular complexity index is 924. The van der Waals surface area contributed by atoms with Gasteiger partial charge in [-0.1, -0.05) is 62.4 Å².